The number of imide groups is 1. The van der Waals surface area contributed by atoms with Crippen molar-refractivity contribution < 1.29 is 18.8 Å². The van der Waals surface area contributed by atoms with Gasteiger partial charge in [-0.05, 0) is 18.6 Å². The SMILES string of the molecule is CCC1C(=O)NC(=O)CN1C(=O)c1ccc(F)cn1. The maximum Gasteiger partial charge on any atom is 0.273 e. The van der Waals surface area contributed by atoms with Gasteiger partial charge in [-0.25, -0.2) is 9.37 Å². The molecular formula is C12H12FN3O3. The third kappa shape index (κ3) is 2.59. The van der Waals surface area contributed by atoms with Gasteiger partial charge in [0.15, 0.2) is 0 Å². The van der Waals surface area contributed by atoms with Crippen molar-refractivity contribution in [2.45, 2.75) is 19.4 Å². The van der Waals surface area contributed by atoms with Gasteiger partial charge in [0, 0.05) is 0 Å². The fourth-order valence-electron chi connectivity index (χ4n) is 1.94. The highest BCUT2D eigenvalue weighted by Crippen LogP contribution is 2.13. The van der Waals surface area contributed by atoms with Crippen LogP contribution in [-0.4, -0.2) is 40.2 Å². The summed E-state index contributed by atoms with van der Waals surface area (Å²) in [5, 5.41) is 2.17. The molecule has 0 aliphatic carbocycles. The minimum absolute atomic E-state index is 0.00218. The molecule has 1 aromatic heterocycles. The van der Waals surface area contributed by atoms with Crippen molar-refractivity contribution >= 4 is 17.7 Å². The van der Waals surface area contributed by atoms with Gasteiger partial charge in [0.1, 0.15) is 24.1 Å². The Morgan fingerprint density at radius 2 is 2.26 bits per heavy atom. The summed E-state index contributed by atoms with van der Waals surface area (Å²) < 4.78 is 12.8. The number of carbonyl (C=O) groups excluding carboxylic acids is 3. The molecule has 0 saturated carbocycles. The molecule has 6 nitrogen and oxygen atoms in total. The quantitative estimate of drug-likeness (QED) is 0.769. The molecule has 0 radical (unpaired) electrons. The second-order valence-corrected chi connectivity index (χ2v) is 4.13. The number of pyridine rings is 1. The number of hydrogen-bond donors (Lipinski definition) is 1. The molecule has 2 heterocycles. The van der Waals surface area contributed by atoms with Crippen molar-refractivity contribution in [1.82, 2.24) is 15.2 Å². The van der Waals surface area contributed by atoms with E-state index in [0.717, 1.165) is 17.2 Å². The lowest BCUT2D eigenvalue weighted by molar-refractivity contribution is -0.138. The highest BCUT2D eigenvalue weighted by atomic mass is 19.1. The van der Waals surface area contributed by atoms with E-state index in [4.69, 9.17) is 0 Å². The Bertz CT molecular complexity index is 530. The van der Waals surface area contributed by atoms with Crippen molar-refractivity contribution in [3.8, 4) is 0 Å². The van der Waals surface area contributed by atoms with E-state index in [1.54, 1.807) is 6.92 Å². The first kappa shape index (κ1) is 13.1. The standard InChI is InChI=1S/C12H12FN3O3/c1-2-9-11(18)15-10(17)6-16(9)12(19)8-4-3-7(13)5-14-8/h3-5,9H,2,6H2,1H3,(H,15,17,18). The molecule has 1 unspecified atom stereocenters. The maximum atomic E-state index is 12.8. The molecular weight excluding hydrogens is 253 g/mol. The number of nitrogens with one attached hydrogen (secondary N) is 1. The summed E-state index contributed by atoms with van der Waals surface area (Å²) in [6.45, 7) is 1.53. The summed E-state index contributed by atoms with van der Waals surface area (Å²) in [4.78, 5) is 40.0. The predicted molar refractivity (Wildman–Crippen MR) is 62.5 cm³/mol. The highest BCUT2D eigenvalue weighted by Gasteiger charge is 2.36. The van der Waals surface area contributed by atoms with Gasteiger partial charge in [-0.2, -0.15) is 0 Å². The Kier molecular flexibility index (Phi) is 3.55. The Labute approximate surface area is 108 Å². The zero-order chi connectivity index (χ0) is 14.0. The Morgan fingerprint density at radius 1 is 1.53 bits per heavy atom. The zero-order valence-electron chi connectivity index (χ0n) is 10.2. The average Bonchev–Trinajstić information content (AvgIpc) is 2.38. The summed E-state index contributed by atoms with van der Waals surface area (Å²) in [5.74, 6) is -2.16. The van der Waals surface area contributed by atoms with Crippen molar-refractivity contribution in [1.29, 1.82) is 0 Å². The minimum atomic E-state index is -0.711. The molecule has 0 aromatic carbocycles. The van der Waals surface area contributed by atoms with Crippen LogP contribution in [0.5, 0.6) is 0 Å². The van der Waals surface area contributed by atoms with E-state index in [1.807, 2.05) is 0 Å². The topological polar surface area (TPSA) is 79.4 Å². The number of rotatable bonds is 2. The summed E-state index contributed by atoms with van der Waals surface area (Å²) in [6, 6.07) is 1.62. The number of amides is 3. The van der Waals surface area contributed by atoms with Crippen LogP contribution in [0.25, 0.3) is 0 Å². The smallest absolute Gasteiger partial charge is 0.273 e. The van der Waals surface area contributed by atoms with Gasteiger partial charge in [-0.1, -0.05) is 6.92 Å². The zero-order valence-corrected chi connectivity index (χ0v) is 10.2. The predicted octanol–water partition coefficient (Wildman–Crippen LogP) is 0.0979. The van der Waals surface area contributed by atoms with Gasteiger partial charge in [-0.15, -0.1) is 0 Å². The van der Waals surface area contributed by atoms with Gasteiger partial charge >= 0.3 is 0 Å². The molecule has 7 heteroatoms. The fourth-order valence-corrected chi connectivity index (χ4v) is 1.94. The number of halogens is 1. The second kappa shape index (κ2) is 5.13. The van der Waals surface area contributed by atoms with Crippen LogP contribution >= 0.6 is 0 Å². The number of piperazine rings is 1. The van der Waals surface area contributed by atoms with E-state index < -0.39 is 29.6 Å². The molecule has 1 atom stereocenters. The number of hydrogen-bond acceptors (Lipinski definition) is 4. The third-order valence-corrected chi connectivity index (χ3v) is 2.85. The van der Waals surface area contributed by atoms with Gasteiger partial charge in [-0.3, -0.25) is 19.7 Å². The largest absolute Gasteiger partial charge is 0.316 e. The summed E-state index contributed by atoms with van der Waals surface area (Å²) in [7, 11) is 0. The minimum Gasteiger partial charge on any atom is -0.316 e. The summed E-state index contributed by atoms with van der Waals surface area (Å²) in [5.41, 5.74) is 0.00218. The van der Waals surface area contributed by atoms with E-state index >= 15 is 0 Å². The number of nitrogens with zero attached hydrogens (tertiary/aromatic N) is 2. The highest BCUT2D eigenvalue weighted by molar-refractivity contribution is 6.06. The summed E-state index contributed by atoms with van der Waals surface area (Å²) in [6.07, 6.45) is 1.30. The van der Waals surface area contributed by atoms with E-state index in [2.05, 4.69) is 10.3 Å². The molecule has 0 bridgehead atoms. The Morgan fingerprint density at radius 3 is 2.84 bits per heavy atom. The summed E-state index contributed by atoms with van der Waals surface area (Å²) >= 11 is 0. The van der Waals surface area contributed by atoms with Gasteiger partial charge in [0.05, 0.1) is 6.20 Å². The van der Waals surface area contributed by atoms with E-state index in [0.29, 0.717) is 6.42 Å². The van der Waals surface area contributed by atoms with Gasteiger partial charge < -0.3 is 4.90 Å². The molecule has 1 aliphatic rings. The second-order valence-electron chi connectivity index (χ2n) is 4.13. The normalized spacial score (nSPS) is 19.3. The molecule has 1 fully saturated rings. The lowest BCUT2D eigenvalue weighted by Gasteiger charge is -2.33. The molecule has 1 aromatic rings. The Hall–Kier alpha value is -2.31. The molecule has 1 N–H and O–H groups in total. The van der Waals surface area contributed by atoms with Gasteiger partial charge in [0.25, 0.3) is 5.91 Å². The Balaban J connectivity index is 2.27. The maximum absolute atomic E-state index is 12.8. The van der Waals surface area contributed by atoms with Crippen LogP contribution in [0.2, 0.25) is 0 Å². The first-order chi connectivity index (χ1) is 9.02. The molecule has 1 aliphatic heterocycles. The van der Waals surface area contributed by atoms with Crippen LogP contribution in [-0.2, 0) is 9.59 Å². The van der Waals surface area contributed by atoms with Crippen LogP contribution in [0.4, 0.5) is 4.39 Å². The monoisotopic (exact) mass is 265 g/mol. The lowest BCUT2D eigenvalue weighted by atomic mass is 10.1. The average molecular weight is 265 g/mol. The molecule has 2 rings (SSSR count). The van der Waals surface area contributed by atoms with Crippen LogP contribution in [0.3, 0.4) is 0 Å². The van der Waals surface area contributed by atoms with Crippen LogP contribution < -0.4 is 5.32 Å². The van der Waals surface area contributed by atoms with E-state index in [9.17, 15) is 18.8 Å². The first-order valence-electron chi connectivity index (χ1n) is 5.79. The molecule has 3 amide bonds. The lowest BCUT2D eigenvalue weighted by Crippen LogP contribution is -2.59. The van der Waals surface area contributed by atoms with Gasteiger partial charge in [0.2, 0.25) is 11.8 Å². The van der Waals surface area contributed by atoms with E-state index in [-0.39, 0.29) is 12.2 Å². The van der Waals surface area contributed by atoms with Crippen molar-refractivity contribution in [2.24, 2.45) is 0 Å². The first-order valence-corrected chi connectivity index (χ1v) is 5.79. The molecule has 100 valence electrons. The van der Waals surface area contributed by atoms with Crippen LogP contribution in [0, 0.1) is 5.82 Å². The molecule has 19 heavy (non-hydrogen) atoms. The number of aromatic nitrogens is 1. The fraction of sp³-hybridized carbons (Fsp3) is 0.333. The van der Waals surface area contributed by atoms with Crippen molar-refractivity contribution in [3.05, 3.63) is 29.8 Å². The molecule has 0 spiro atoms. The number of carbonyl (C=O) groups is 3. The third-order valence-electron chi connectivity index (χ3n) is 2.85. The van der Waals surface area contributed by atoms with Crippen LogP contribution in [0.1, 0.15) is 23.8 Å². The van der Waals surface area contributed by atoms with Crippen molar-refractivity contribution in [2.75, 3.05) is 6.54 Å². The van der Waals surface area contributed by atoms with Crippen LogP contribution in [0.15, 0.2) is 18.3 Å². The van der Waals surface area contributed by atoms with E-state index in [1.165, 1.54) is 6.07 Å². The molecule has 1 saturated heterocycles. The van der Waals surface area contributed by atoms with Crippen molar-refractivity contribution in [3.63, 3.8) is 0 Å².